The molecular formula is C10H11N3O. The van der Waals surface area contributed by atoms with Gasteiger partial charge in [0.15, 0.2) is 0 Å². The summed E-state index contributed by atoms with van der Waals surface area (Å²) < 4.78 is 0. The predicted molar refractivity (Wildman–Crippen MR) is 51.7 cm³/mol. The Kier molecular flexibility index (Phi) is 1.44. The Balaban J connectivity index is 2.09. The van der Waals surface area contributed by atoms with Crippen molar-refractivity contribution >= 4 is 11.7 Å². The van der Waals surface area contributed by atoms with Gasteiger partial charge in [-0.3, -0.25) is 4.79 Å². The number of aromatic nitrogens is 1. The number of fused-ring (bicyclic) bond motifs is 3. The molecule has 1 aromatic heterocycles. The first-order valence-electron chi connectivity index (χ1n) is 4.79. The topological polar surface area (TPSA) is 68.0 Å². The fourth-order valence-electron chi connectivity index (χ4n) is 2.18. The summed E-state index contributed by atoms with van der Waals surface area (Å²) in [4.78, 5) is 15.7. The smallest absolute Gasteiger partial charge is 0.242 e. The van der Waals surface area contributed by atoms with E-state index in [4.69, 9.17) is 5.73 Å². The maximum absolute atomic E-state index is 11.5. The van der Waals surface area contributed by atoms with Gasteiger partial charge in [0.1, 0.15) is 5.82 Å². The lowest BCUT2D eigenvalue weighted by molar-refractivity contribution is -0.117. The molecule has 1 fully saturated rings. The average molecular weight is 189 g/mol. The van der Waals surface area contributed by atoms with Gasteiger partial charge in [0.05, 0.1) is 6.04 Å². The van der Waals surface area contributed by atoms with Gasteiger partial charge in [-0.25, -0.2) is 4.98 Å². The first kappa shape index (κ1) is 7.94. The molecule has 4 heteroatoms. The number of carbonyl (C=O) groups excluding carboxylic acids is 1. The van der Waals surface area contributed by atoms with Crippen molar-refractivity contribution in [2.24, 2.45) is 11.7 Å². The molecule has 1 amide bonds. The normalized spacial score (nSPS) is 33.8. The Morgan fingerprint density at radius 1 is 1.57 bits per heavy atom. The van der Waals surface area contributed by atoms with Crippen LogP contribution in [0.1, 0.15) is 17.9 Å². The summed E-state index contributed by atoms with van der Waals surface area (Å²) in [5, 5.41) is 2.76. The standard InChI is InChI=1S/C10H11N3O/c11-8-7-4-6(7)5-2-1-3-12-9(5)13-10(8)14/h1-3,6-8H,4,11H2,(H,12,13,14)/t6-,7-,8-/m0/s1. The van der Waals surface area contributed by atoms with E-state index in [-0.39, 0.29) is 11.9 Å². The molecule has 2 aliphatic rings. The molecule has 0 saturated heterocycles. The Morgan fingerprint density at radius 3 is 3.29 bits per heavy atom. The van der Waals surface area contributed by atoms with Crippen molar-refractivity contribution < 1.29 is 4.79 Å². The molecule has 3 atom stereocenters. The maximum Gasteiger partial charge on any atom is 0.242 e. The predicted octanol–water partition coefficient (Wildman–Crippen LogP) is 0.464. The Bertz CT molecular complexity index is 404. The highest BCUT2D eigenvalue weighted by molar-refractivity contribution is 5.96. The van der Waals surface area contributed by atoms with Gasteiger partial charge in [0, 0.05) is 6.20 Å². The molecule has 0 spiro atoms. The molecule has 4 nitrogen and oxygen atoms in total. The fraction of sp³-hybridized carbons (Fsp3) is 0.400. The Morgan fingerprint density at radius 2 is 2.43 bits per heavy atom. The molecule has 0 unspecified atom stereocenters. The van der Waals surface area contributed by atoms with Crippen LogP contribution in [0.2, 0.25) is 0 Å². The van der Waals surface area contributed by atoms with E-state index in [1.165, 1.54) is 0 Å². The summed E-state index contributed by atoms with van der Waals surface area (Å²) in [6.45, 7) is 0. The number of carbonyl (C=O) groups is 1. The van der Waals surface area contributed by atoms with Crippen LogP contribution in [0.15, 0.2) is 18.3 Å². The van der Waals surface area contributed by atoms with Gasteiger partial charge < -0.3 is 11.1 Å². The van der Waals surface area contributed by atoms with Crippen molar-refractivity contribution in [3.8, 4) is 0 Å². The molecule has 0 aromatic carbocycles. The minimum atomic E-state index is -0.366. The molecule has 72 valence electrons. The van der Waals surface area contributed by atoms with Gasteiger partial charge in [0.25, 0.3) is 0 Å². The third kappa shape index (κ3) is 0.974. The van der Waals surface area contributed by atoms with Gasteiger partial charge >= 0.3 is 0 Å². The fourth-order valence-corrected chi connectivity index (χ4v) is 2.18. The number of hydrogen-bond donors (Lipinski definition) is 2. The lowest BCUT2D eigenvalue weighted by Gasteiger charge is -2.08. The summed E-state index contributed by atoms with van der Waals surface area (Å²) in [5.41, 5.74) is 6.94. The van der Waals surface area contributed by atoms with E-state index in [1.807, 2.05) is 12.1 Å². The summed E-state index contributed by atoms with van der Waals surface area (Å²) in [5.74, 6) is 1.35. The van der Waals surface area contributed by atoms with Gasteiger partial charge in [0.2, 0.25) is 5.91 Å². The molecule has 3 N–H and O–H groups in total. The molecule has 0 bridgehead atoms. The van der Waals surface area contributed by atoms with Crippen LogP contribution in [-0.4, -0.2) is 16.9 Å². The van der Waals surface area contributed by atoms with Crippen molar-refractivity contribution in [3.63, 3.8) is 0 Å². The molecule has 1 aromatic rings. The summed E-state index contributed by atoms with van der Waals surface area (Å²) >= 11 is 0. The van der Waals surface area contributed by atoms with E-state index in [0.717, 1.165) is 12.0 Å². The summed E-state index contributed by atoms with van der Waals surface area (Å²) in [6.07, 6.45) is 2.71. The monoisotopic (exact) mass is 189 g/mol. The average Bonchev–Trinajstić information content (AvgIpc) is 2.96. The van der Waals surface area contributed by atoms with Crippen LogP contribution >= 0.6 is 0 Å². The molecule has 1 saturated carbocycles. The van der Waals surface area contributed by atoms with E-state index in [9.17, 15) is 4.79 Å². The maximum atomic E-state index is 11.5. The number of nitrogens with zero attached hydrogens (tertiary/aromatic N) is 1. The zero-order valence-electron chi connectivity index (χ0n) is 7.60. The number of anilines is 1. The van der Waals surface area contributed by atoms with Crippen molar-refractivity contribution in [1.82, 2.24) is 4.98 Å². The number of hydrogen-bond acceptors (Lipinski definition) is 3. The number of nitrogens with one attached hydrogen (secondary N) is 1. The van der Waals surface area contributed by atoms with E-state index in [0.29, 0.717) is 17.7 Å². The zero-order chi connectivity index (χ0) is 9.71. The minimum absolute atomic E-state index is 0.102. The van der Waals surface area contributed by atoms with Crippen LogP contribution in [-0.2, 0) is 4.79 Å². The molecule has 0 radical (unpaired) electrons. The van der Waals surface area contributed by atoms with Crippen LogP contribution in [0.5, 0.6) is 0 Å². The number of amides is 1. The highest BCUT2D eigenvalue weighted by Gasteiger charge is 2.48. The number of nitrogens with two attached hydrogens (primary N) is 1. The second kappa shape index (κ2) is 2.54. The van der Waals surface area contributed by atoms with Gasteiger partial charge in [-0.2, -0.15) is 0 Å². The third-order valence-corrected chi connectivity index (χ3v) is 3.08. The van der Waals surface area contributed by atoms with Crippen molar-refractivity contribution in [2.45, 2.75) is 18.4 Å². The molecule has 2 heterocycles. The van der Waals surface area contributed by atoms with Gasteiger partial charge in [-0.05, 0) is 29.9 Å². The van der Waals surface area contributed by atoms with Gasteiger partial charge in [-0.15, -0.1) is 0 Å². The molecule has 14 heavy (non-hydrogen) atoms. The quantitative estimate of drug-likeness (QED) is 0.623. The summed E-state index contributed by atoms with van der Waals surface area (Å²) in [6, 6.07) is 3.55. The van der Waals surface area contributed by atoms with Crippen molar-refractivity contribution in [3.05, 3.63) is 23.9 Å². The van der Waals surface area contributed by atoms with Crippen LogP contribution in [0.25, 0.3) is 0 Å². The van der Waals surface area contributed by atoms with E-state index in [1.54, 1.807) is 6.20 Å². The lowest BCUT2D eigenvalue weighted by atomic mass is 10.1. The van der Waals surface area contributed by atoms with Crippen LogP contribution in [0, 0.1) is 5.92 Å². The molecular weight excluding hydrogens is 178 g/mol. The van der Waals surface area contributed by atoms with Gasteiger partial charge in [-0.1, -0.05) is 6.07 Å². The van der Waals surface area contributed by atoms with Crippen molar-refractivity contribution in [1.29, 1.82) is 0 Å². The summed E-state index contributed by atoms with van der Waals surface area (Å²) in [7, 11) is 0. The Labute approximate surface area is 81.5 Å². The lowest BCUT2D eigenvalue weighted by Crippen LogP contribution is -2.36. The highest BCUT2D eigenvalue weighted by Crippen LogP contribution is 2.52. The number of rotatable bonds is 0. The van der Waals surface area contributed by atoms with Crippen LogP contribution < -0.4 is 11.1 Å². The largest absolute Gasteiger partial charge is 0.320 e. The van der Waals surface area contributed by atoms with Crippen LogP contribution in [0.3, 0.4) is 0 Å². The number of pyridine rings is 1. The SMILES string of the molecule is N[C@@H]1C(=O)Nc2ncccc2[C@@H]2C[C@H]12. The van der Waals surface area contributed by atoms with E-state index < -0.39 is 0 Å². The molecule has 1 aliphatic heterocycles. The highest BCUT2D eigenvalue weighted by atomic mass is 16.2. The zero-order valence-corrected chi connectivity index (χ0v) is 7.60. The third-order valence-electron chi connectivity index (χ3n) is 3.08. The first-order chi connectivity index (χ1) is 6.77. The van der Waals surface area contributed by atoms with Crippen molar-refractivity contribution in [2.75, 3.05) is 5.32 Å². The second-order valence-corrected chi connectivity index (χ2v) is 3.96. The van der Waals surface area contributed by atoms with Crippen LogP contribution in [0.4, 0.5) is 5.82 Å². The van der Waals surface area contributed by atoms with E-state index in [2.05, 4.69) is 10.3 Å². The molecule has 3 rings (SSSR count). The second-order valence-electron chi connectivity index (χ2n) is 3.96. The minimum Gasteiger partial charge on any atom is -0.320 e. The van der Waals surface area contributed by atoms with E-state index >= 15 is 0 Å². The molecule has 1 aliphatic carbocycles. The first-order valence-corrected chi connectivity index (χ1v) is 4.79. The Hall–Kier alpha value is -1.42.